The number of halogens is 1. The second-order valence-electron chi connectivity index (χ2n) is 4.66. The number of ether oxygens (including phenoxy) is 1. The normalized spacial score (nSPS) is 15.4. The van der Waals surface area contributed by atoms with E-state index in [1.807, 2.05) is 13.0 Å². The molecule has 1 heterocycles. The number of esters is 1. The van der Waals surface area contributed by atoms with Gasteiger partial charge < -0.3 is 0 Å². The van der Waals surface area contributed by atoms with Crippen molar-refractivity contribution in [2.24, 2.45) is 5.41 Å². The summed E-state index contributed by atoms with van der Waals surface area (Å²) in [7, 11) is 0. The van der Waals surface area contributed by atoms with Gasteiger partial charge in [0, 0.05) is 0 Å². The van der Waals surface area contributed by atoms with Crippen molar-refractivity contribution >= 4 is 5.97 Å². The summed E-state index contributed by atoms with van der Waals surface area (Å²) < 4.78 is 6.66. The monoisotopic (exact) mass is 343 g/mol. The number of rotatable bonds is 2. The molecule has 0 aromatic rings. The van der Waals surface area contributed by atoms with Crippen molar-refractivity contribution in [2.45, 2.75) is 27.7 Å². The molecule has 1 rings (SSSR count). The van der Waals surface area contributed by atoms with E-state index in [4.69, 9.17) is 4.74 Å². The van der Waals surface area contributed by atoms with Crippen molar-refractivity contribution in [3.05, 3.63) is 31.6 Å². The van der Waals surface area contributed by atoms with Crippen molar-refractivity contribution in [3.8, 4) is 11.8 Å². The molecule has 1 aliphatic rings. The Morgan fingerprint density at radius 1 is 1.53 bits per heavy atom. The Hall–Kier alpha value is -1.02. The van der Waals surface area contributed by atoms with E-state index < -0.39 is 21.2 Å². The Labute approximate surface area is 113 Å². The van der Waals surface area contributed by atoms with Crippen molar-refractivity contribution in [2.75, 3.05) is 0 Å². The molecule has 0 saturated carbocycles. The molecule has 0 saturated heterocycles. The molecule has 0 unspecified atom stereocenters. The van der Waals surface area contributed by atoms with Gasteiger partial charge in [-0.2, -0.15) is 0 Å². The van der Waals surface area contributed by atoms with Gasteiger partial charge in [-0.05, 0) is 0 Å². The summed E-state index contributed by atoms with van der Waals surface area (Å²) in [4.78, 5) is 11.6. The van der Waals surface area contributed by atoms with Gasteiger partial charge in [0.05, 0.1) is 0 Å². The Balaban J connectivity index is 2.77. The van der Waals surface area contributed by atoms with Gasteiger partial charge in [-0.3, -0.25) is 0 Å². The number of allylic oxidation sites excluding steroid dienone is 3. The first-order chi connectivity index (χ1) is 7.83. The maximum atomic E-state index is 11.6. The molecule has 0 aromatic heterocycles. The summed E-state index contributed by atoms with van der Waals surface area (Å²) in [6.07, 6.45) is 3.16. The molecule has 0 amide bonds. The average Bonchev–Trinajstić information content (AvgIpc) is 2.56. The van der Waals surface area contributed by atoms with E-state index >= 15 is 0 Å². The summed E-state index contributed by atoms with van der Waals surface area (Å²) in [5, 5.41) is 0. The van der Waals surface area contributed by atoms with E-state index in [9.17, 15) is 4.79 Å². The second kappa shape index (κ2) is 5.54. The molecular formula is C14H16IO2-. The van der Waals surface area contributed by atoms with Crippen LogP contribution in [0.1, 0.15) is 27.7 Å². The molecule has 3 heteroatoms. The van der Waals surface area contributed by atoms with Crippen LogP contribution in [0.25, 0.3) is 0 Å². The van der Waals surface area contributed by atoms with Gasteiger partial charge in [-0.25, -0.2) is 0 Å². The predicted molar refractivity (Wildman–Crippen MR) is 64.3 cm³/mol. The van der Waals surface area contributed by atoms with Crippen molar-refractivity contribution in [1.82, 2.24) is 0 Å². The van der Waals surface area contributed by atoms with Crippen molar-refractivity contribution < 1.29 is 30.7 Å². The van der Waals surface area contributed by atoms with Gasteiger partial charge in [-0.1, -0.05) is 0 Å². The van der Waals surface area contributed by atoms with Crippen LogP contribution in [0.5, 0.6) is 0 Å². The van der Waals surface area contributed by atoms with Crippen molar-refractivity contribution in [3.63, 3.8) is 0 Å². The van der Waals surface area contributed by atoms with Crippen LogP contribution in [-0.4, -0.2) is 5.97 Å². The molecule has 0 radical (unpaired) electrons. The molecule has 0 fully saturated rings. The van der Waals surface area contributed by atoms with Crippen LogP contribution in [0.15, 0.2) is 31.6 Å². The maximum absolute atomic E-state index is 11.6. The van der Waals surface area contributed by atoms with Crippen LogP contribution in [0.2, 0.25) is 0 Å². The third-order valence-electron chi connectivity index (χ3n) is 1.81. The Morgan fingerprint density at radius 2 is 2.18 bits per heavy atom. The first-order valence-corrected chi connectivity index (χ1v) is 7.42. The zero-order valence-corrected chi connectivity index (χ0v) is 12.7. The van der Waals surface area contributed by atoms with E-state index in [2.05, 4.69) is 39.2 Å². The van der Waals surface area contributed by atoms with Crippen LogP contribution >= 0.6 is 0 Å². The standard InChI is InChI=1S/C14H16IO2/c1-6-17-13(16)12-10(2)9-11(15-12)7-8-14(3,4)5/h6,9H,1H2,2-5H3/q-1. The second-order valence-corrected chi connectivity index (χ2v) is 7.44. The zero-order valence-electron chi connectivity index (χ0n) is 10.6. The van der Waals surface area contributed by atoms with E-state index in [0.717, 1.165) is 12.7 Å². The van der Waals surface area contributed by atoms with Crippen LogP contribution in [0.3, 0.4) is 0 Å². The molecule has 0 N–H and O–H groups in total. The Bertz CT molecular complexity index is 465. The number of carbonyl (C=O) groups excluding carboxylic acids is 1. The van der Waals surface area contributed by atoms with Crippen molar-refractivity contribution in [1.29, 1.82) is 0 Å². The fraction of sp³-hybridized carbons (Fsp3) is 0.357. The molecule has 17 heavy (non-hydrogen) atoms. The topological polar surface area (TPSA) is 26.3 Å². The summed E-state index contributed by atoms with van der Waals surface area (Å²) in [5.74, 6) is 6.07. The van der Waals surface area contributed by atoms with Crippen LogP contribution < -0.4 is 21.2 Å². The molecule has 0 spiro atoms. The first kappa shape index (κ1) is 14.0. The minimum absolute atomic E-state index is 0.0110. The van der Waals surface area contributed by atoms with E-state index in [0.29, 0.717) is 0 Å². The van der Waals surface area contributed by atoms with Gasteiger partial charge in [0.1, 0.15) is 0 Å². The molecule has 0 aliphatic carbocycles. The molecule has 92 valence electrons. The summed E-state index contributed by atoms with van der Waals surface area (Å²) >= 11 is -0.493. The van der Waals surface area contributed by atoms with E-state index in [-0.39, 0.29) is 11.4 Å². The number of carbonyl (C=O) groups is 1. The fourth-order valence-electron chi connectivity index (χ4n) is 1.09. The SMILES string of the molecule is C=COC(=O)C1=C(C)C=C(C#CC(C)(C)C)[I-]1. The van der Waals surface area contributed by atoms with Gasteiger partial charge in [0.25, 0.3) is 0 Å². The van der Waals surface area contributed by atoms with Gasteiger partial charge in [0.2, 0.25) is 0 Å². The summed E-state index contributed by atoms with van der Waals surface area (Å²) in [6.45, 7) is 11.5. The van der Waals surface area contributed by atoms with Gasteiger partial charge in [0.15, 0.2) is 0 Å². The van der Waals surface area contributed by atoms with Gasteiger partial charge >= 0.3 is 113 Å². The van der Waals surface area contributed by atoms with E-state index in [1.54, 1.807) is 0 Å². The molecular weight excluding hydrogens is 327 g/mol. The molecule has 2 nitrogen and oxygen atoms in total. The quantitative estimate of drug-likeness (QED) is 0.305. The molecule has 0 atom stereocenters. The number of hydrogen-bond donors (Lipinski definition) is 0. The average molecular weight is 343 g/mol. The third kappa shape index (κ3) is 4.39. The molecule has 0 aromatic carbocycles. The van der Waals surface area contributed by atoms with E-state index in [1.165, 1.54) is 6.26 Å². The van der Waals surface area contributed by atoms with Gasteiger partial charge in [-0.15, -0.1) is 0 Å². The summed E-state index contributed by atoms with van der Waals surface area (Å²) in [5.41, 5.74) is 0.964. The van der Waals surface area contributed by atoms with Crippen LogP contribution in [0, 0.1) is 17.3 Å². The predicted octanol–water partition coefficient (Wildman–Crippen LogP) is -0.0169. The zero-order chi connectivity index (χ0) is 13.1. The third-order valence-corrected chi connectivity index (χ3v) is 4.80. The fourth-order valence-corrected chi connectivity index (χ4v) is 3.49. The van der Waals surface area contributed by atoms with Crippen LogP contribution in [0.4, 0.5) is 0 Å². The Kier molecular flexibility index (Phi) is 4.58. The van der Waals surface area contributed by atoms with Crippen LogP contribution in [-0.2, 0) is 9.53 Å². The Morgan fingerprint density at radius 3 is 2.71 bits per heavy atom. The number of hydrogen-bond acceptors (Lipinski definition) is 2. The molecule has 0 bridgehead atoms. The first-order valence-electron chi connectivity index (χ1n) is 5.26. The molecule has 1 aliphatic heterocycles. The summed E-state index contributed by atoms with van der Waals surface area (Å²) in [6, 6.07) is 0. The minimum atomic E-state index is -0.493.